The summed E-state index contributed by atoms with van der Waals surface area (Å²) in [5, 5.41) is 4.28. The number of anilines is 1. The van der Waals surface area contributed by atoms with Gasteiger partial charge in [-0.25, -0.2) is 9.97 Å². The molecule has 1 saturated carbocycles. The fraction of sp³-hybridized carbons (Fsp3) is 0.611. The molecule has 1 aliphatic carbocycles. The zero-order valence-electron chi connectivity index (χ0n) is 14.9. The Morgan fingerprint density at radius 3 is 2.76 bits per heavy atom. The Labute approximate surface area is 152 Å². The number of thiophene rings is 1. The number of rotatable bonds is 5. The molecule has 1 unspecified atom stereocenters. The van der Waals surface area contributed by atoms with Gasteiger partial charge in [-0.05, 0) is 32.3 Å². The van der Waals surface area contributed by atoms with Gasteiger partial charge in [0.1, 0.15) is 17.0 Å². The van der Waals surface area contributed by atoms with Crippen LogP contribution in [0.3, 0.4) is 0 Å². The van der Waals surface area contributed by atoms with Gasteiger partial charge in [0.25, 0.3) is 0 Å². The minimum atomic E-state index is -0.0546. The quantitative estimate of drug-likeness (QED) is 0.885. The molecule has 6 nitrogen and oxygen atoms in total. The summed E-state index contributed by atoms with van der Waals surface area (Å²) in [6, 6.07) is 2.60. The number of carbonyl (C=O) groups is 1. The first-order chi connectivity index (χ1) is 12.2. The van der Waals surface area contributed by atoms with Crippen LogP contribution in [0, 0.1) is 0 Å². The summed E-state index contributed by atoms with van der Waals surface area (Å²) in [7, 11) is 0. The zero-order valence-corrected chi connectivity index (χ0v) is 15.7. The van der Waals surface area contributed by atoms with Gasteiger partial charge in [0.2, 0.25) is 5.91 Å². The van der Waals surface area contributed by atoms with Crippen LogP contribution in [-0.2, 0) is 11.2 Å². The first kappa shape index (κ1) is 16.7. The molecule has 1 N–H and O–H groups in total. The molecule has 2 aromatic rings. The van der Waals surface area contributed by atoms with E-state index in [1.54, 1.807) is 17.7 Å². The SMILES string of the molecule is CCc1cc2c(N3CCN(C(C)C(=O)NC4CC4)CC3)ncnc2s1. The van der Waals surface area contributed by atoms with Crippen LogP contribution in [0.15, 0.2) is 12.4 Å². The van der Waals surface area contributed by atoms with Crippen LogP contribution in [0.1, 0.15) is 31.6 Å². The molecule has 7 heteroatoms. The van der Waals surface area contributed by atoms with Crippen LogP contribution < -0.4 is 10.2 Å². The summed E-state index contributed by atoms with van der Waals surface area (Å²) in [6.07, 6.45) is 4.97. The van der Waals surface area contributed by atoms with Gasteiger partial charge in [0, 0.05) is 37.1 Å². The Kier molecular flexibility index (Phi) is 4.60. The second-order valence-corrected chi connectivity index (χ2v) is 8.08. The Bertz CT molecular complexity index is 764. The molecule has 2 fully saturated rings. The highest BCUT2D eigenvalue weighted by atomic mass is 32.1. The Hall–Kier alpha value is -1.73. The van der Waals surface area contributed by atoms with Crippen LogP contribution >= 0.6 is 11.3 Å². The number of aryl methyl sites for hydroxylation is 1. The number of carbonyl (C=O) groups excluding carboxylic acids is 1. The van der Waals surface area contributed by atoms with Gasteiger partial charge >= 0.3 is 0 Å². The number of hydrogen-bond acceptors (Lipinski definition) is 6. The molecule has 1 aliphatic heterocycles. The lowest BCUT2D eigenvalue weighted by atomic mass is 10.2. The van der Waals surface area contributed by atoms with E-state index in [1.807, 2.05) is 6.92 Å². The zero-order chi connectivity index (χ0) is 17.4. The third-order valence-electron chi connectivity index (χ3n) is 5.17. The van der Waals surface area contributed by atoms with Gasteiger partial charge in [-0.3, -0.25) is 9.69 Å². The summed E-state index contributed by atoms with van der Waals surface area (Å²) < 4.78 is 0. The van der Waals surface area contributed by atoms with Crippen molar-refractivity contribution < 1.29 is 4.79 Å². The summed E-state index contributed by atoms with van der Waals surface area (Å²) in [4.78, 5) is 28.3. The van der Waals surface area contributed by atoms with E-state index >= 15 is 0 Å². The molecule has 2 aromatic heterocycles. The van der Waals surface area contributed by atoms with E-state index in [9.17, 15) is 4.79 Å². The van der Waals surface area contributed by atoms with E-state index in [4.69, 9.17) is 0 Å². The molecule has 25 heavy (non-hydrogen) atoms. The lowest BCUT2D eigenvalue weighted by Crippen LogP contribution is -2.54. The molecule has 1 amide bonds. The third-order valence-corrected chi connectivity index (χ3v) is 6.36. The number of amides is 1. The predicted octanol–water partition coefficient (Wildman–Crippen LogP) is 2.04. The highest BCUT2D eigenvalue weighted by Gasteiger charge is 2.30. The minimum absolute atomic E-state index is 0.0546. The normalized spacial score (nSPS) is 20.0. The number of hydrogen-bond donors (Lipinski definition) is 1. The fourth-order valence-corrected chi connectivity index (χ4v) is 4.28. The number of piperazine rings is 1. The standard InChI is InChI=1S/C18H25N5OS/c1-3-14-10-15-16(19-11-20-18(15)25-14)23-8-6-22(7-9-23)12(2)17(24)21-13-4-5-13/h10-13H,3-9H2,1-2H3,(H,21,24). The van der Waals surface area contributed by atoms with Crippen molar-refractivity contribution in [2.75, 3.05) is 31.1 Å². The monoisotopic (exact) mass is 359 g/mol. The van der Waals surface area contributed by atoms with Crippen molar-refractivity contribution in [2.24, 2.45) is 0 Å². The molecular formula is C18H25N5OS. The van der Waals surface area contributed by atoms with Crippen molar-refractivity contribution in [1.29, 1.82) is 0 Å². The molecule has 0 bridgehead atoms. The highest BCUT2D eigenvalue weighted by molar-refractivity contribution is 7.18. The second-order valence-electron chi connectivity index (χ2n) is 6.96. The molecular weight excluding hydrogens is 334 g/mol. The minimum Gasteiger partial charge on any atom is -0.353 e. The Morgan fingerprint density at radius 2 is 2.08 bits per heavy atom. The van der Waals surface area contributed by atoms with Gasteiger partial charge in [0.15, 0.2) is 0 Å². The van der Waals surface area contributed by atoms with Gasteiger partial charge in [-0.15, -0.1) is 11.3 Å². The average molecular weight is 359 g/mol. The van der Waals surface area contributed by atoms with Gasteiger partial charge in [-0.1, -0.05) is 6.92 Å². The number of aromatic nitrogens is 2. The smallest absolute Gasteiger partial charge is 0.237 e. The topological polar surface area (TPSA) is 61.4 Å². The van der Waals surface area contributed by atoms with Gasteiger partial charge in [0.05, 0.1) is 11.4 Å². The summed E-state index contributed by atoms with van der Waals surface area (Å²) >= 11 is 1.76. The third kappa shape index (κ3) is 3.48. The number of fused-ring (bicyclic) bond motifs is 1. The van der Waals surface area contributed by atoms with Crippen molar-refractivity contribution in [3.63, 3.8) is 0 Å². The number of nitrogens with one attached hydrogen (secondary N) is 1. The molecule has 0 spiro atoms. The van der Waals surface area contributed by atoms with Crippen LogP contribution in [0.2, 0.25) is 0 Å². The lowest BCUT2D eigenvalue weighted by Gasteiger charge is -2.38. The Morgan fingerprint density at radius 1 is 1.32 bits per heavy atom. The maximum absolute atomic E-state index is 12.3. The van der Waals surface area contributed by atoms with Crippen molar-refractivity contribution in [3.05, 3.63) is 17.3 Å². The first-order valence-electron chi connectivity index (χ1n) is 9.18. The van der Waals surface area contributed by atoms with E-state index in [-0.39, 0.29) is 11.9 Å². The molecule has 0 aromatic carbocycles. The largest absolute Gasteiger partial charge is 0.353 e. The summed E-state index contributed by atoms with van der Waals surface area (Å²) in [5.41, 5.74) is 0. The van der Waals surface area contributed by atoms with Gasteiger partial charge < -0.3 is 10.2 Å². The van der Waals surface area contributed by atoms with E-state index in [1.165, 1.54) is 4.88 Å². The van der Waals surface area contributed by atoms with Crippen molar-refractivity contribution >= 4 is 33.3 Å². The Balaban J connectivity index is 1.43. The van der Waals surface area contributed by atoms with Crippen molar-refractivity contribution in [2.45, 2.75) is 45.2 Å². The average Bonchev–Trinajstić information content (AvgIpc) is 3.35. The fourth-order valence-electron chi connectivity index (χ4n) is 3.36. The van der Waals surface area contributed by atoms with E-state index < -0.39 is 0 Å². The highest BCUT2D eigenvalue weighted by Crippen LogP contribution is 2.31. The maximum Gasteiger partial charge on any atom is 0.237 e. The molecule has 3 heterocycles. The van der Waals surface area contributed by atoms with Crippen molar-refractivity contribution in [3.8, 4) is 0 Å². The van der Waals surface area contributed by atoms with Gasteiger partial charge in [-0.2, -0.15) is 0 Å². The predicted molar refractivity (Wildman–Crippen MR) is 101 cm³/mol. The van der Waals surface area contributed by atoms with E-state index in [0.717, 1.165) is 61.5 Å². The lowest BCUT2D eigenvalue weighted by molar-refractivity contribution is -0.126. The summed E-state index contributed by atoms with van der Waals surface area (Å²) in [5.74, 6) is 1.21. The second kappa shape index (κ2) is 6.88. The van der Waals surface area contributed by atoms with Crippen LogP contribution in [0.25, 0.3) is 10.2 Å². The van der Waals surface area contributed by atoms with Crippen LogP contribution in [-0.4, -0.2) is 59.0 Å². The summed E-state index contributed by atoms with van der Waals surface area (Å²) in [6.45, 7) is 7.74. The van der Waals surface area contributed by atoms with E-state index in [0.29, 0.717) is 6.04 Å². The molecule has 4 rings (SSSR count). The molecule has 1 saturated heterocycles. The van der Waals surface area contributed by atoms with Crippen LogP contribution in [0.5, 0.6) is 0 Å². The molecule has 1 atom stereocenters. The molecule has 134 valence electrons. The molecule has 2 aliphatic rings. The number of nitrogens with zero attached hydrogens (tertiary/aromatic N) is 4. The maximum atomic E-state index is 12.3. The first-order valence-corrected chi connectivity index (χ1v) is 10.00. The molecule has 0 radical (unpaired) electrons. The van der Waals surface area contributed by atoms with E-state index in [2.05, 4.69) is 38.1 Å². The van der Waals surface area contributed by atoms with Crippen LogP contribution in [0.4, 0.5) is 5.82 Å². The van der Waals surface area contributed by atoms with Crippen molar-refractivity contribution in [1.82, 2.24) is 20.2 Å².